The number of hydrogen-bond donors (Lipinski definition) is 6. The Kier molecular flexibility index (Phi) is 22.4. The number of nitrogens with two attached hydrogens (primary N) is 4. The summed E-state index contributed by atoms with van der Waals surface area (Å²) >= 11 is 0. The number of fused-ring (bicyclic) bond motifs is 8. The number of carbonyl (C=O) groups is 4. The quantitative estimate of drug-likeness (QED) is 0.0178. The molecular weight excluding hydrogens is 1090 g/mol. The van der Waals surface area contributed by atoms with Gasteiger partial charge >= 0.3 is 24.1 Å². The fourth-order valence-electron chi connectivity index (χ4n) is 13.6. The van der Waals surface area contributed by atoms with Crippen molar-refractivity contribution in [2.75, 3.05) is 0 Å². The molecule has 11 rings (SSSR count). The van der Waals surface area contributed by atoms with E-state index in [0.29, 0.717) is 0 Å². The van der Waals surface area contributed by atoms with Crippen molar-refractivity contribution in [3.63, 3.8) is 0 Å². The van der Waals surface area contributed by atoms with Gasteiger partial charge in [-0.2, -0.15) is 0 Å². The van der Waals surface area contributed by atoms with Crippen molar-refractivity contribution in [1.82, 2.24) is 19.8 Å². The van der Waals surface area contributed by atoms with Gasteiger partial charge in [-0.3, -0.25) is 10.6 Å². The highest BCUT2D eigenvalue weighted by Crippen LogP contribution is 2.44. The number of rotatable bonds is 26. The van der Waals surface area contributed by atoms with Crippen molar-refractivity contribution in [1.29, 1.82) is 0 Å². The third-order valence-corrected chi connectivity index (χ3v) is 17.8. The van der Waals surface area contributed by atoms with Gasteiger partial charge in [0.2, 0.25) is 0 Å². The minimum atomic E-state index is -0.938. The number of aromatic nitrogens is 2. The molecule has 0 radical (unpaired) electrons. The Bertz CT molecular complexity index is 4020. The zero-order valence-electron chi connectivity index (χ0n) is 52.5. The van der Waals surface area contributed by atoms with Gasteiger partial charge < -0.3 is 32.1 Å². The summed E-state index contributed by atoms with van der Waals surface area (Å²) in [4.78, 5) is 38.5. The molecule has 0 saturated heterocycles. The van der Waals surface area contributed by atoms with Crippen LogP contribution in [0, 0.1) is 0 Å². The molecule has 0 spiro atoms. The van der Waals surface area contributed by atoms with Crippen LogP contribution >= 0.6 is 0 Å². The van der Waals surface area contributed by atoms with Crippen molar-refractivity contribution < 1.29 is 19.2 Å². The number of hydrogen-bond acceptors (Lipinski definition) is 4. The van der Waals surface area contributed by atoms with E-state index in [-0.39, 0.29) is 0 Å². The molecule has 0 saturated carbocycles. The number of benzene rings is 9. The van der Waals surface area contributed by atoms with Gasteiger partial charge in [0.1, 0.15) is 0 Å². The second kappa shape index (κ2) is 30.8. The van der Waals surface area contributed by atoms with Crippen LogP contribution in [0.5, 0.6) is 0 Å². The number of urea groups is 4. The van der Waals surface area contributed by atoms with Gasteiger partial charge in [0.15, 0.2) is 0 Å². The van der Waals surface area contributed by atoms with E-state index >= 15 is 0 Å². The first-order chi connectivity index (χ1) is 42.8. The minimum absolute atomic E-state index is 0.925. The van der Waals surface area contributed by atoms with Crippen LogP contribution in [0.3, 0.4) is 0 Å². The molecule has 2 heterocycles. The second-order valence-corrected chi connectivity index (χ2v) is 24.2. The molecule has 11 aromatic rings. The summed E-state index contributed by atoms with van der Waals surface area (Å²) in [6, 6.07) is 49.8. The number of carbonyl (C=O) groups excluding carboxylic acids is 4. The van der Waals surface area contributed by atoms with Crippen LogP contribution < -0.4 is 33.6 Å². The lowest BCUT2D eigenvalue weighted by Gasteiger charge is -2.21. The lowest BCUT2D eigenvalue weighted by Crippen LogP contribution is -2.38. The maximum absolute atomic E-state index is 9.62. The molecule has 0 aliphatic rings. The van der Waals surface area contributed by atoms with Crippen molar-refractivity contribution >= 4 is 111 Å². The van der Waals surface area contributed by atoms with Gasteiger partial charge in [-0.25, -0.2) is 19.2 Å². The normalized spacial score (nSPS) is 11.5. The highest BCUT2D eigenvalue weighted by Gasteiger charge is 2.22. The number of imide groups is 2. The monoisotopic (exact) mass is 1180 g/mol. The predicted molar refractivity (Wildman–Crippen MR) is 370 cm³/mol. The average molecular weight is 1180 g/mol. The third kappa shape index (κ3) is 15.4. The van der Waals surface area contributed by atoms with E-state index in [4.69, 9.17) is 0 Å². The average Bonchev–Trinajstić information content (AvgIpc) is 0.921. The number of nitrogens with one attached hydrogen (secondary N) is 2. The van der Waals surface area contributed by atoms with Crippen molar-refractivity contribution in [2.24, 2.45) is 22.9 Å². The van der Waals surface area contributed by atoms with Gasteiger partial charge in [-0.1, -0.05) is 190 Å². The Morgan fingerprint density at radius 2 is 0.670 bits per heavy atom. The van der Waals surface area contributed by atoms with Crippen LogP contribution in [-0.2, 0) is 51.6 Å². The highest BCUT2D eigenvalue weighted by molar-refractivity contribution is 6.33. The van der Waals surface area contributed by atoms with E-state index in [1.165, 1.54) is 223 Å². The highest BCUT2D eigenvalue weighted by atomic mass is 16.2. The zero-order chi connectivity index (χ0) is 62.1. The van der Waals surface area contributed by atoms with Crippen molar-refractivity contribution in [3.05, 3.63) is 167 Å². The molecule has 0 aliphatic heterocycles. The molecule has 10 N–H and O–H groups in total. The standard InChI is InChI=1S/C72H82N2.2C2H5N3O2/c1-5-9-13-17-24-51-34-38-66-62(46-51)63-47-52(25-18-14-10-6-2)35-39-67(63)73(66)44-42-56-50-57-30-23-32-60-59-31-21-28-55-29-22-33-61(70(55)59)72(71(57)60)58(56)43-45-74-68-40-36-53(26-19-15-11-7-3)48-64(68)65-49-54(37-41-69(65)74)27-20-16-12-8-4;2*3-1(6)5-2(4)7/h21-23,28-41,46-50H,5-20,24-27,42-45H2,1-4H3;2*(H5,3,4,5,6,7). The summed E-state index contributed by atoms with van der Waals surface area (Å²) in [5.74, 6) is 0. The summed E-state index contributed by atoms with van der Waals surface area (Å²) < 4.78 is 5.38. The predicted octanol–water partition coefficient (Wildman–Crippen LogP) is 18.4. The molecule has 88 heavy (non-hydrogen) atoms. The summed E-state index contributed by atoms with van der Waals surface area (Å²) in [5, 5.41) is 20.0. The fraction of sp³-hybridized carbons (Fsp3) is 0.368. The Morgan fingerprint density at radius 1 is 0.330 bits per heavy atom. The summed E-state index contributed by atoms with van der Waals surface area (Å²) in [6.45, 7) is 11.1. The van der Waals surface area contributed by atoms with Gasteiger partial charge in [0.05, 0.1) is 0 Å². The molecule has 0 bridgehead atoms. The number of aryl methyl sites for hydroxylation is 8. The van der Waals surface area contributed by atoms with Gasteiger partial charge in [0.25, 0.3) is 0 Å². The first-order valence-electron chi connectivity index (χ1n) is 32.7. The lowest BCUT2D eigenvalue weighted by atomic mass is 9.84. The molecule has 8 amide bonds. The number of nitrogens with zero attached hydrogens (tertiary/aromatic N) is 2. The molecule has 12 heteroatoms. The van der Waals surface area contributed by atoms with Crippen molar-refractivity contribution in [3.8, 4) is 0 Å². The first kappa shape index (κ1) is 63.9. The lowest BCUT2D eigenvalue weighted by molar-refractivity contribution is 0.235. The molecule has 460 valence electrons. The fourth-order valence-corrected chi connectivity index (χ4v) is 13.6. The SMILES string of the molecule is CCCCCCc1ccc2c(c1)c1cc(CCCCCC)ccc1n2CCc1cc2cccc3c4cccc5cccc(c(c1CCn1c6ccc(CCCCCC)cc6c6cc(CCCCCC)ccc61)c23)c54.NC(=O)NC(N)=O.NC(=O)NC(N)=O. The van der Waals surface area contributed by atoms with Crippen LogP contribution in [-0.4, -0.2) is 33.3 Å². The first-order valence-corrected chi connectivity index (χ1v) is 32.7. The molecule has 0 atom stereocenters. The topological polar surface area (TPSA) is 206 Å². The Labute approximate surface area is 519 Å². The van der Waals surface area contributed by atoms with Gasteiger partial charge in [0, 0.05) is 56.7 Å². The van der Waals surface area contributed by atoms with Crippen LogP contribution in [0.4, 0.5) is 19.2 Å². The molecule has 2 aromatic heterocycles. The van der Waals surface area contributed by atoms with E-state index in [9.17, 15) is 19.2 Å². The van der Waals surface area contributed by atoms with Crippen LogP contribution in [0.15, 0.2) is 133 Å². The zero-order valence-corrected chi connectivity index (χ0v) is 52.5. The van der Waals surface area contributed by atoms with Crippen LogP contribution in [0.1, 0.15) is 164 Å². The Balaban J connectivity index is 0.000000590. The molecule has 9 aromatic carbocycles. The minimum Gasteiger partial charge on any atom is -0.351 e. The van der Waals surface area contributed by atoms with E-state index < -0.39 is 24.1 Å². The summed E-state index contributed by atoms with van der Waals surface area (Å²) in [5.41, 5.74) is 32.2. The molecule has 0 aliphatic carbocycles. The third-order valence-electron chi connectivity index (χ3n) is 17.8. The molecular formula is C76H92N8O4. The van der Waals surface area contributed by atoms with Gasteiger partial charge in [-0.05, 0) is 189 Å². The van der Waals surface area contributed by atoms with Crippen LogP contribution in [0.2, 0.25) is 0 Å². The number of unbranched alkanes of at least 4 members (excludes halogenated alkanes) is 12. The molecule has 12 nitrogen and oxygen atoms in total. The number of amides is 8. The Hall–Kier alpha value is -8.64. The number of primary amides is 4. The molecule has 0 unspecified atom stereocenters. The van der Waals surface area contributed by atoms with Crippen LogP contribution in [0.25, 0.3) is 86.7 Å². The largest absolute Gasteiger partial charge is 0.351 e. The van der Waals surface area contributed by atoms with Crippen molar-refractivity contribution in [2.45, 2.75) is 182 Å². The maximum atomic E-state index is 9.62. The van der Waals surface area contributed by atoms with E-state index in [2.05, 4.69) is 193 Å². The molecule has 0 fully saturated rings. The van der Waals surface area contributed by atoms with Gasteiger partial charge in [-0.15, -0.1) is 0 Å². The second-order valence-electron chi connectivity index (χ2n) is 24.2. The van der Waals surface area contributed by atoms with E-state index in [1.807, 2.05) is 0 Å². The van der Waals surface area contributed by atoms with E-state index in [1.54, 1.807) is 10.6 Å². The smallest absolute Gasteiger partial charge is 0.320 e. The maximum Gasteiger partial charge on any atom is 0.320 e. The summed E-state index contributed by atoms with van der Waals surface area (Å²) in [6.07, 6.45) is 27.3. The summed E-state index contributed by atoms with van der Waals surface area (Å²) in [7, 11) is 0. The van der Waals surface area contributed by atoms with E-state index in [0.717, 1.165) is 51.6 Å². The Morgan fingerprint density at radius 3 is 1.02 bits per heavy atom.